The normalized spacial score (nSPS) is 11.9. The predicted molar refractivity (Wildman–Crippen MR) is 85.2 cm³/mol. The highest BCUT2D eigenvalue weighted by Crippen LogP contribution is 2.52. The predicted octanol–water partition coefficient (Wildman–Crippen LogP) is 4.37. The van der Waals surface area contributed by atoms with Crippen LogP contribution in [0.1, 0.15) is 0 Å². The van der Waals surface area contributed by atoms with Crippen molar-refractivity contribution < 1.29 is 14.6 Å². The van der Waals surface area contributed by atoms with E-state index in [-0.39, 0.29) is 27.8 Å². The number of hydrogen-bond donors (Lipinski definition) is 1. The zero-order chi connectivity index (χ0) is 16.7. The molecule has 0 unspecified atom stereocenters. The van der Waals surface area contributed by atoms with Crippen molar-refractivity contribution in [2.45, 2.75) is 9.79 Å². The zero-order valence-corrected chi connectivity index (χ0v) is 13.1. The number of ether oxygens (including phenoxy) is 1. The van der Waals surface area contributed by atoms with Gasteiger partial charge in [-0.05, 0) is 12.1 Å². The Morgan fingerprint density at radius 1 is 1.04 bits per heavy atom. The molecular formula is C13H8ClN3O5S. The van der Waals surface area contributed by atoms with Crippen LogP contribution in [0.4, 0.5) is 22.7 Å². The second kappa shape index (κ2) is 5.60. The van der Waals surface area contributed by atoms with Crippen LogP contribution in [-0.2, 0) is 0 Å². The first-order valence-electron chi connectivity index (χ1n) is 6.20. The van der Waals surface area contributed by atoms with Gasteiger partial charge in [-0.3, -0.25) is 20.2 Å². The van der Waals surface area contributed by atoms with E-state index in [1.165, 1.54) is 19.2 Å². The van der Waals surface area contributed by atoms with Gasteiger partial charge in [-0.25, -0.2) is 0 Å². The van der Waals surface area contributed by atoms with Crippen molar-refractivity contribution in [3.63, 3.8) is 0 Å². The summed E-state index contributed by atoms with van der Waals surface area (Å²) >= 11 is 7.07. The van der Waals surface area contributed by atoms with E-state index in [0.29, 0.717) is 15.5 Å². The number of rotatable bonds is 3. The minimum Gasteiger partial charge on any atom is -0.496 e. The molecule has 0 fully saturated rings. The number of methoxy groups -OCH3 is 1. The smallest absolute Gasteiger partial charge is 0.297 e. The van der Waals surface area contributed by atoms with E-state index in [1.54, 1.807) is 12.1 Å². The number of nitro groups is 2. The van der Waals surface area contributed by atoms with Gasteiger partial charge in [0.2, 0.25) is 0 Å². The minimum absolute atomic E-state index is 0.185. The van der Waals surface area contributed by atoms with Crippen LogP contribution < -0.4 is 10.1 Å². The van der Waals surface area contributed by atoms with Crippen LogP contribution in [0.5, 0.6) is 5.75 Å². The Bertz CT molecular complexity index is 858. The maximum atomic E-state index is 11.3. The summed E-state index contributed by atoms with van der Waals surface area (Å²) < 4.78 is 5.06. The molecule has 1 aliphatic heterocycles. The van der Waals surface area contributed by atoms with Gasteiger partial charge in [0, 0.05) is 20.9 Å². The summed E-state index contributed by atoms with van der Waals surface area (Å²) in [4.78, 5) is 22.4. The summed E-state index contributed by atoms with van der Waals surface area (Å²) in [6, 6.07) is 5.65. The van der Waals surface area contributed by atoms with E-state index in [9.17, 15) is 20.2 Å². The van der Waals surface area contributed by atoms with E-state index in [1.807, 2.05) is 0 Å². The fourth-order valence-corrected chi connectivity index (χ4v) is 3.60. The first-order valence-corrected chi connectivity index (χ1v) is 7.39. The monoisotopic (exact) mass is 353 g/mol. The molecule has 0 aromatic heterocycles. The van der Waals surface area contributed by atoms with Crippen LogP contribution in [0.15, 0.2) is 34.1 Å². The van der Waals surface area contributed by atoms with Gasteiger partial charge in [0.15, 0.2) is 0 Å². The molecule has 0 amide bonds. The average Bonchev–Trinajstić information content (AvgIpc) is 2.50. The molecule has 3 rings (SSSR count). The first kappa shape index (κ1) is 15.4. The Morgan fingerprint density at radius 2 is 1.61 bits per heavy atom. The summed E-state index contributed by atoms with van der Waals surface area (Å²) in [5.74, 6) is 0.324. The number of nitro benzene ring substituents is 2. The third kappa shape index (κ3) is 2.64. The van der Waals surface area contributed by atoms with Gasteiger partial charge < -0.3 is 10.1 Å². The van der Waals surface area contributed by atoms with Crippen LogP contribution in [-0.4, -0.2) is 17.0 Å². The lowest BCUT2D eigenvalue weighted by Gasteiger charge is -2.21. The Hall–Kier alpha value is -2.52. The minimum atomic E-state index is -0.585. The van der Waals surface area contributed by atoms with Gasteiger partial charge >= 0.3 is 0 Å². The number of halogens is 1. The number of benzene rings is 2. The fourth-order valence-electron chi connectivity index (χ4n) is 2.21. The van der Waals surface area contributed by atoms with E-state index >= 15 is 0 Å². The van der Waals surface area contributed by atoms with Gasteiger partial charge in [0.05, 0.1) is 23.0 Å². The molecule has 2 aromatic carbocycles. The van der Waals surface area contributed by atoms with Gasteiger partial charge in [-0.2, -0.15) is 0 Å². The lowest BCUT2D eigenvalue weighted by atomic mass is 10.2. The Balaban J connectivity index is 2.21. The summed E-state index contributed by atoms with van der Waals surface area (Å²) in [7, 11) is 1.40. The molecule has 0 spiro atoms. The third-order valence-corrected chi connectivity index (χ3v) is 4.50. The van der Waals surface area contributed by atoms with Crippen LogP contribution >= 0.6 is 23.4 Å². The maximum absolute atomic E-state index is 11.3. The number of nitrogens with zero attached hydrogens (tertiary/aromatic N) is 2. The zero-order valence-electron chi connectivity index (χ0n) is 11.5. The van der Waals surface area contributed by atoms with E-state index < -0.39 is 9.85 Å². The molecule has 0 bridgehead atoms. The number of nitrogens with one attached hydrogen (secondary N) is 1. The quantitative estimate of drug-likeness (QED) is 0.550. The van der Waals surface area contributed by atoms with Crippen molar-refractivity contribution >= 4 is 46.1 Å². The molecule has 0 saturated heterocycles. The molecule has 0 atom stereocenters. The van der Waals surface area contributed by atoms with Crippen LogP contribution in [0.2, 0.25) is 5.02 Å². The second-order valence-corrected chi connectivity index (χ2v) is 6.08. The highest BCUT2D eigenvalue weighted by Gasteiger charge is 2.30. The summed E-state index contributed by atoms with van der Waals surface area (Å²) in [5, 5.41) is 25.5. The molecule has 2 aromatic rings. The van der Waals surface area contributed by atoms with Crippen molar-refractivity contribution in [1.82, 2.24) is 0 Å². The number of hydrogen-bond acceptors (Lipinski definition) is 7. The van der Waals surface area contributed by atoms with Gasteiger partial charge in [0.25, 0.3) is 11.4 Å². The van der Waals surface area contributed by atoms with Crippen molar-refractivity contribution in [1.29, 1.82) is 0 Å². The Kier molecular flexibility index (Phi) is 3.74. The van der Waals surface area contributed by atoms with Gasteiger partial charge in [-0.1, -0.05) is 23.4 Å². The highest BCUT2D eigenvalue weighted by atomic mass is 35.5. The molecule has 1 heterocycles. The standard InChI is InChI=1S/C13H8ClN3O5S/c1-22-7-4-9(17(20)21)13-11(5-7)23-10-3-6(14)2-8(16(18)19)12(10)15-13/h2-5,15H,1H3. The molecule has 8 nitrogen and oxygen atoms in total. The lowest BCUT2D eigenvalue weighted by molar-refractivity contribution is -0.384. The molecule has 23 heavy (non-hydrogen) atoms. The van der Waals surface area contributed by atoms with Crippen LogP contribution in [0.3, 0.4) is 0 Å². The van der Waals surface area contributed by atoms with Crippen molar-refractivity contribution in [2.24, 2.45) is 0 Å². The topological polar surface area (TPSA) is 108 Å². The Morgan fingerprint density at radius 3 is 2.17 bits per heavy atom. The molecule has 118 valence electrons. The second-order valence-electron chi connectivity index (χ2n) is 4.56. The average molecular weight is 354 g/mol. The summed E-state index contributed by atoms with van der Waals surface area (Å²) in [5.41, 5.74) is -0.0820. The van der Waals surface area contributed by atoms with Crippen molar-refractivity contribution in [2.75, 3.05) is 12.4 Å². The molecular weight excluding hydrogens is 346 g/mol. The lowest BCUT2D eigenvalue weighted by Crippen LogP contribution is -2.06. The molecule has 10 heteroatoms. The van der Waals surface area contributed by atoms with Crippen LogP contribution in [0, 0.1) is 20.2 Å². The molecule has 1 N–H and O–H groups in total. The van der Waals surface area contributed by atoms with E-state index in [0.717, 1.165) is 11.8 Å². The Labute approximate surface area is 138 Å². The highest BCUT2D eigenvalue weighted by molar-refractivity contribution is 7.99. The van der Waals surface area contributed by atoms with E-state index in [2.05, 4.69) is 5.32 Å². The summed E-state index contributed by atoms with van der Waals surface area (Å²) in [6.07, 6.45) is 0. The van der Waals surface area contributed by atoms with Gasteiger partial charge in [-0.15, -0.1) is 0 Å². The number of anilines is 2. The largest absolute Gasteiger partial charge is 0.496 e. The molecule has 1 aliphatic rings. The van der Waals surface area contributed by atoms with Crippen molar-refractivity contribution in [3.8, 4) is 5.75 Å². The SMILES string of the molecule is COc1cc2c(c([N+](=O)[O-])c1)Nc1c(cc(Cl)cc1[N+](=O)[O-])S2. The first-order chi connectivity index (χ1) is 10.9. The maximum Gasteiger partial charge on any atom is 0.297 e. The van der Waals surface area contributed by atoms with Gasteiger partial charge in [0.1, 0.15) is 17.1 Å². The molecule has 0 aliphatic carbocycles. The number of fused-ring (bicyclic) bond motifs is 2. The molecule has 0 radical (unpaired) electrons. The van der Waals surface area contributed by atoms with E-state index in [4.69, 9.17) is 16.3 Å². The molecule has 0 saturated carbocycles. The van der Waals surface area contributed by atoms with Crippen LogP contribution in [0.25, 0.3) is 0 Å². The van der Waals surface area contributed by atoms with Crippen molar-refractivity contribution in [3.05, 3.63) is 49.5 Å². The third-order valence-electron chi connectivity index (χ3n) is 3.20. The summed E-state index contributed by atoms with van der Waals surface area (Å²) in [6.45, 7) is 0. The fraction of sp³-hybridized carbons (Fsp3) is 0.0769.